The van der Waals surface area contributed by atoms with Crippen LogP contribution in [0.15, 0.2) is 29.2 Å². The van der Waals surface area contributed by atoms with E-state index in [0.717, 1.165) is 0 Å². The summed E-state index contributed by atoms with van der Waals surface area (Å²) in [5.74, 6) is 0. The SMILES string of the molecule is O=C(NC1CCCN(CC(F)(F)F)C1)NS(=O)(=O)c1cccc(I)c1. The Morgan fingerprint density at radius 2 is 2.08 bits per heavy atom. The van der Waals surface area contributed by atoms with E-state index in [0.29, 0.717) is 23.0 Å². The van der Waals surface area contributed by atoms with E-state index in [2.05, 4.69) is 5.32 Å². The molecule has 1 aliphatic rings. The summed E-state index contributed by atoms with van der Waals surface area (Å²) in [5, 5.41) is 2.43. The molecule has 2 amide bonds. The van der Waals surface area contributed by atoms with Crippen LogP contribution in [-0.2, 0) is 10.0 Å². The van der Waals surface area contributed by atoms with Gasteiger partial charge in [-0.15, -0.1) is 0 Å². The van der Waals surface area contributed by atoms with Crippen LogP contribution in [-0.4, -0.2) is 51.2 Å². The second-order valence-electron chi connectivity index (χ2n) is 5.73. The van der Waals surface area contributed by atoms with Crippen molar-refractivity contribution >= 4 is 38.6 Å². The Bertz CT molecular complexity index is 728. The average Bonchev–Trinajstić information content (AvgIpc) is 2.45. The predicted octanol–water partition coefficient (Wildman–Crippen LogP) is 2.31. The first-order valence-electron chi connectivity index (χ1n) is 7.43. The Morgan fingerprint density at radius 3 is 2.72 bits per heavy atom. The zero-order chi connectivity index (χ0) is 18.7. The molecule has 2 rings (SSSR count). The van der Waals surface area contributed by atoms with E-state index in [-0.39, 0.29) is 11.4 Å². The van der Waals surface area contributed by atoms with Crippen molar-refractivity contribution in [2.75, 3.05) is 19.6 Å². The fourth-order valence-corrected chi connectivity index (χ4v) is 4.32. The number of nitrogens with zero attached hydrogens (tertiary/aromatic N) is 1. The fourth-order valence-electron chi connectivity index (χ4n) is 2.60. The highest BCUT2D eigenvalue weighted by Crippen LogP contribution is 2.20. The molecule has 11 heteroatoms. The molecule has 1 fully saturated rings. The zero-order valence-electron chi connectivity index (χ0n) is 13.0. The van der Waals surface area contributed by atoms with Crippen molar-refractivity contribution in [1.29, 1.82) is 0 Å². The Balaban J connectivity index is 1.93. The summed E-state index contributed by atoms with van der Waals surface area (Å²) in [6.07, 6.45) is -3.33. The predicted molar refractivity (Wildman–Crippen MR) is 93.5 cm³/mol. The molecule has 0 saturated carbocycles. The number of halogens is 4. The molecule has 1 unspecified atom stereocenters. The van der Waals surface area contributed by atoms with E-state index in [9.17, 15) is 26.4 Å². The fraction of sp³-hybridized carbons (Fsp3) is 0.500. The maximum atomic E-state index is 12.5. The van der Waals surface area contributed by atoms with Crippen molar-refractivity contribution in [2.24, 2.45) is 0 Å². The molecule has 0 aliphatic carbocycles. The van der Waals surface area contributed by atoms with Crippen LogP contribution in [0.1, 0.15) is 12.8 Å². The molecule has 6 nitrogen and oxygen atoms in total. The number of carbonyl (C=O) groups is 1. The normalized spacial score (nSPS) is 19.4. The maximum absolute atomic E-state index is 12.5. The number of benzene rings is 1. The van der Waals surface area contributed by atoms with E-state index in [1.165, 1.54) is 17.0 Å². The van der Waals surface area contributed by atoms with Crippen LogP contribution in [0, 0.1) is 3.57 Å². The second kappa shape index (κ2) is 8.08. The van der Waals surface area contributed by atoms with Gasteiger partial charge in [-0.25, -0.2) is 17.9 Å². The Kier molecular flexibility index (Phi) is 6.54. The van der Waals surface area contributed by atoms with E-state index in [4.69, 9.17) is 0 Å². The number of alkyl halides is 3. The Morgan fingerprint density at radius 1 is 1.36 bits per heavy atom. The standard InChI is InChI=1S/C14H17F3IN3O3S/c15-14(16,17)9-21-6-2-4-11(8-21)19-13(22)20-25(23,24)12-5-1-3-10(18)7-12/h1,3,5,7,11H,2,4,6,8-9H2,(H2,19,20,22). The smallest absolute Gasteiger partial charge is 0.333 e. The minimum Gasteiger partial charge on any atom is -0.333 e. The van der Waals surface area contributed by atoms with E-state index in [1.807, 2.05) is 27.3 Å². The van der Waals surface area contributed by atoms with Gasteiger partial charge >= 0.3 is 12.2 Å². The molecule has 25 heavy (non-hydrogen) atoms. The largest absolute Gasteiger partial charge is 0.401 e. The number of urea groups is 1. The number of carbonyl (C=O) groups excluding carboxylic acids is 1. The van der Waals surface area contributed by atoms with Crippen molar-refractivity contribution in [3.8, 4) is 0 Å². The van der Waals surface area contributed by atoms with Crippen molar-refractivity contribution in [3.63, 3.8) is 0 Å². The number of nitrogens with one attached hydrogen (secondary N) is 2. The molecule has 1 saturated heterocycles. The lowest BCUT2D eigenvalue weighted by molar-refractivity contribution is -0.148. The molecule has 0 radical (unpaired) electrons. The highest BCUT2D eigenvalue weighted by Gasteiger charge is 2.33. The number of likely N-dealkylation sites (tertiary alicyclic amines) is 1. The summed E-state index contributed by atoms with van der Waals surface area (Å²) in [5.41, 5.74) is 0. The molecular weight excluding hydrogens is 474 g/mol. The van der Waals surface area contributed by atoms with Gasteiger partial charge in [0.1, 0.15) is 0 Å². The molecule has 0 bridgehead atoms. The minimum atomic E-state index is -4.31. The van der Waals surface area contributed by atoms with Crippen LogP contribution in [0.5, 0.6) is 0 Å². The molecular formula is C14H17F3IN3O3S. The molecule has 1 aromatic carbocycles. The topological polar surface area (TPSA) is 78.5 Å². The summed E-state index contributed by atoms with van der Waals surface area (Å²) in [7, 11) is -4.04. The van der Waals surface area contributed by atoms with Gasteiger partial charge < -0.3 is 5.32 Å². The third-order valence-electron chi connectivity index (χ3n) is 3.58. The number of amides is 2. The van der Waals surface area contributed by atoms with Crippen LogP contribution in [0.2, 0.25) is 0 Å². The number of hydrogen-bond acceptors (Lipinski definition) is 4. The Labute approximate surface area is 157 Å². The third-order valence-corrected chi connectivity index (χ3v) is 5.58. The molecule has 1 heterocycles. The van der Waals surface area contributed by atoms with Crippen LogP contribution in [0.25, 0.3) is 0 Å². The molecule has 2 N–H and O–H groups in total. The first kappa shape index (κ1) is 20.2. The maximum Gasteiger partial charge on any atom is 0.401 e. The first-order chi connectivity index (χ1) is 11.5. The van der Waals surface area contributed by atoms with E-state index in [1.54, 1.807) is 12.1 Å². The zero-order valence-corrected chi connectivity index (χ0v) is 16.0. The van der Waals surface area contributed by atoms with Crippen molar-refractivity contribution in [3.05, 3.63) is 27.8 Å². The van der Waals surface area contributed by atoms with Gasteiger partial charge in [-0.2, -0.15) is 13.2 Å². The highest BCUT2D eigenvalue weighted by molar-refractivity contribution is 14.1. The monoisotopic (exact) mass is 491 g/mol. The van der Waals surface area contributed by atoms with Gasteiger partial charge in [0.15, 0.2) is 0 Å². The lowest BCUT2D eigenvalue weighted by Crippen LogP contribution is -2.52. The van der Waals surface area contributed by atoms with Gasteiger partial charge in [0.25, 0.3) is 10.0 Å². The van der Waals surface area contributed by atoms with Crippen LogP contribution < -0.4 is 10.0 Å². The van der Waals surface area contributed by atoms with Crippen LogP contribution in [0.3, 0.4) is 0 Å². The number of hydrogen-bond donors (Lipinski definition) is 2. The van der Waals surface area contributed by atoms with Gasteiger partial charge in [-0.05, 0) is 60.2 Å². The summed E-state index contributed by atoms with van der Waals surface area (Å²) in [6, 6.07) is 4.52. The summed E-state index contributed by atoms with van der Waals surface area (Å²) in [4.78, 5) is 13.1. The Hall–Kier alpha value is -1.08. The van der Waals surface area contributed by atoms with E-state index < -0.39 is 34.8 Å². The number of rotatable bonds is 4. The number of piperidine rings is 1. The molecule has 0 spiro atoms. The molecule has 1 aromatic rings. The first-order valence-corrected chi connectivity index (χ1v) is 9.99. The van der Waals surface area contributed by atoms with Crippen molar-refractivity contribution in [2.45, 2.75) is 30.0 Å². The lowest BCUT2D eigenvalue weighted by Gasteiger charge is -2.33. The average molecular weight is 491 g/mol. The summed E-state index contributed by atoms with van der Waals surface area (Å²) >= 11 is 1.95. The van der Waals surface area contributed by atoms with Gasteiger partial charge in [0, 0.05) is 16.2 Å². The van der Waals surface area contributed by atoms with Gasteiger partial charge in [0.05, 0.1) is 11.4 Å². The quantitative estimate of drug-likeness (QED) is 0.634. The lowest BCUT2D eigenvalue weighted by atomic mass is 10.1. The van der Waals surface area contributed by atoms with Gasteiger partial charge in [-0.3, -0.25) is 4.90 Å². The molecule has 1 atom stereocenters. The van der Waals surface area contributed by atoms with Gasteiger partial charge in [-0.1, -0.05) is 6.07 Å². The summed E-state index contributed by atoms with van der Waals surface area (Å²) < 4.78 is 64.2. The minimum absolute atomic E-state index is 0.0240. The third kappa shape index (κ3) is 6.62. The molecule has 0 aromatic heterocycles. The van der Waals surface area contributed by atoms with Crippen LogP contribution in [0.4, 0.5) is 18.0 Å². The highest BCUT2D eigenvalue weighted by atomic mass is 127. The van der Waals surface area contributed by atoms with Crippen LogP contribution >= 0.6 is 22.6 Å². The van der Waals surface area contributed by atoms with Gasteiger partial charge in [0.2, 0.25) is 0 Å². The molecule has 1 aliphatic heterocycles. The number of sulfonamides is 1. The second-order valence-corrected chi connectivity index (χ2v) is 8.65. The van der Waals surface area contributed by atoms with E-state index >= 15 is 0 Å². The van der Waals surface area contributed by atoms with Crippen molar-refractivity contribution in [1.82, 2.24) is 14.9 Å². The summed E-state index contributed by atoms with van der Waals surface area (Å²) in [6.45, 7) is -0.732. The molecule has 140 valence electrons. The van der Waals surface area contributed by atoms with Crippen molar-refractivity contribution < 1.29 is 26.4 Å².